The zero-order valence-electron chi connectivity index (χ0n) is 11.5. The maximum atomic E-state index is 13.2. The van der Waals surface area contributed by atoms with E-state index in [1.54, 1.807) is 6.07 Å². The van der Waals surface area contributed by atoms with Crippen LogP contribution in [0.25, 0.3) is 11.3 Å². The highest BCUT2D eigenvalue weighted by atomic mass is 79.9. The van der Waals surface area contributed by atoms with Crippen LogP contribution < -0.4 is 5.32 Å². The molecule has 3 nitrogen and oxygen atoms in total. The zero-order valence-corrected chi connectivity index (χ0v) is 13.0. The summed E-state index contributed by atoms with van der Waals surface area (Å²) in [5.74, 6) is 0.142. The summed E-state index contributed by atoms with van der Waals surface area (Å²) in [6.07, 6.45) is -3.30. The van der Waals surface area contributed by atoms with Crippen molar-refractivity contribution in [1.82, 2.24) is 10.3 Å². The standard InChI is InChI=1S/C14H14BrF3N2O/c1-8(2)19-6-12-13(21-7-20-12)10-4-3-9(15)5-11(10)14(16,17)18/h3-5,7-8,19H,6H2,1-2H3. The zero-order chi connectivity index (χ0) is 15.6. The van der Waals surface area contributed by atoms with E-state index in [9.17, 15) is 13.2 Å². The van der Waals surface area contributed by atoms with Gasteiger partial charge in [0, 0.05) is 22.6 Å². The smallest absolute Gasteiger partial charge is 0.417 e. The highest BCUT2D eigenvalue weighted by Crippen LogP contribution is 2.39. The molecule has 0 saturated heterocycles. The fraction of sp³-hybridized carbons (Fsp3) is 0.357. The minimum absolute atomic E-state index is 0.0104. The molecule has 0 saturated carbocycles. The highest BCUT2D eigenvalue weighted by molar-refractivity contribution is 9.10. The molecule has 21 heavy (non-hydrogen) atoms. The van der Waals surface area contributed by atoms with Crippen molar-refractivity contribution in [3.63, 3.8) is 0 Å². The quantitative estimate of drug-likeness (QED) is 0.862. The van der Waals surface area contributed by atoms with Crippen LogP contribution in [0.3, 0.4) is 0 Å². The van der Waals surface area contributed by atoms with E-state index in [2.05, 4.69) is 26.2 Å². The number of hydrogen-bond donors (Lipinski definition) is 1. The van der Waals surface area contributed by atoms with Crippen molar-refractivity contribution in [2.75, 3.05) is 0 Å². The molecule has 1 heterocycles. The molecule has 0 atom stereocenters. The summed E-state index contributed by atoms with van der Waals surface area (Å²) < 4.78 is 45.1. The Balaban J connectivity index is 2.46. The summed E-state index contributed by atoms with van der Waals surface area (Å²) in [6, 6.07) is 4.16. The van der Waals surface area contributed by atoms with Gasteiger partial charge in [0.1, 0.15) is 5.69 Å². The minimum Gasteiger partial charge on any atom is -0.443 e. The maximum Gasteiger partial charge on any atom is 0.417 e. The second kappa shape index (κ2) is 6.19. The van der Waals surface area contributed by atoms with Gasteiger partial charge in [0.25, 0.3) is 0 Å². The Bertz CT molecular complexity index is 623. The first kappa shape index (κ1) is 16.0. The molecule has 2 rings (SSSR count). The van der Waals surface area contributed by atoms with Crippen LogP contribution in [0, 0.1) is 0 Å². The Morgan fingerprint density at radius 1 is 1.33 bits per heavy atom. The van der Waals surface area contributed by atoms with Gasteiger partial charge in [0.2, 0.25) is 0 Å². The van der Waals surface area contributed by atoms with Gasteiger partial charge in [-0.2, -0.15) is 13.2 Å². The molecule has 2 aromatic rings. The van der Waals surface area contributed by atoms with E-state index < -0.39 is 11.7 Å². The molecule has 0 fully saturated rings. The molecular formula is C14H14BrF3N2O. The van der Waals surface area contributed by atoms with Gasteiger partial charge in [-0.3, -0.25) is 0 Å². The Kier molecular flexibility index (Phi) is 4.73. The summed E-state index contributed by atoms with van der Waals surface area (Å²) in [5.41, 5.74) is -0.306. The Morgan fingerprint density at radius 3 is 2.67 bits per heavy atom. The van der Waals surface area contributed by atoms with E-state index >= 15 is 0 Å². The van der Waals surface area contributed by atoms with Crippen LogP contribution in [-0.4, -0.2) is 11.0 Å². The SMILES string of the molecule is CC(C)NCc1ncoc1-c1ccc(Br)cc1C(F)(F)F. The number of hydrogen-bond acceptors (Lipinski definition) is 3. The predicted octanol–water partition coefficient (Wildman–Crippen LogP) is 4.62. The van der Waals surface area contributed by atoms with Gasteiger partial charge >= 0.3 is 6.18 Å². The van der Waals surface area contributed by atoms with E-state index in [1.807, 2.05) is 13.8 Å². The number of nitrogens with zero attached hydrogens (tertiary/aromatic N) is 1. The molecule has 0 radical (unpaired) electrons. The monoisotopic (exact) mass is 362 g/mol. The van der Waals surface area contributed by atoms with Crippen LogP contribution >= 0.6 is 15.9 Å². The molecule has 1 aromatic heterocycles. The van der Waals surface area contributed by atoms with E-state index in [0.717, 1.165) is 12.5 Å². The fourth-order valence-corrected chi connectivity index (χ4v) is 2.23. The van der Waals surface area contributed by atoms with E-state index in [0.29, 0.717) is 16.7 Å². The van der Waals surface area contributed by atoms with Crippen LogP contribution in [0.4, 0.5) is 13.2 Å². The third kappa shape index (κ3) is 3.85. The van der Waals surface area contributed by atoms with Gasteiger partial charge in [0.05, 0.1) is 5.56 Å². The minimum atomic E-state index is -4.46. The van der Waals surface area contributed by atoms with Crippen molar-refractivity contribution in [3.05, 3.63) is 40.3 Å². The van der Waals surface area contributed by atoms with E-state index in [4.69, 9.17) is 4.42 Å². The van der Waals surface area contributed by atoms with Crippen molar-refractivity contribution >= 4 is 15.9 Å². The number of nitrogens with one attached hydrogen (secondary N) is 1. The number of rotatable bonds is 4. The third-order valence-corrected chi connectivity index (χ3v) is 3.34. The summed E-state index contributed by atoms with van der Waals surface area (Å²) >= 11 is 3.06. The molecule has 0 aliphatic carbocycles. The van der Waals surface area contributed by atoms with Crippen LogP contribution in [0.1, 0.15) is 25.1 Å². The van der Waals surface area contributed by atoms with Crippen LogP contribution in [-0.2, 0) is 12.7 Å². The molecular weight excluding hydrogens is 349 g/mol. The Morgan fingerprint density at radius 2 is 2.05 bits per heavy atom. The molecule has 1 N–H and O–H groups in total. The van der Waals surface area contributed by atoms with Gasteiger partial charge in [-0.25, -0.2) is 4.98 Å². The fourth-order valence-electron chi connectivity index (χ4n) is 1.86. The summed E-state index contributed by atoms with van der Waals surface area (Å²) in [6.45, 7) is 4.23. The van der Waals surface area contributed by atoms with Gasteiger partial charge < -0.3 is 9.73 Å². The second-order valence-corrected chi connectivity index (χ2v) is 5.77. The maximum absolute atomic E-state index is 13.2. The molecule has 114 valence electrons. The molecule has 0 bridgehead atoms. The molecule has 0 aliphatic heterocycles. The van der Waals surface area contributed by atoms with Gasteiger partial charge in [-0.1, -0.05) is 29.8 Å². The normalized spacial score (nSPS) is 12.1. The second-order valence-electron chi connectivity index (χ2n) is 4.85. The average molecular weight is 363 g/mol. The average Bonchev–Trinajstić information content (AvgIpc) is 2.83. The van der Waals surface area contributed by atoms with Gasteiger partial charge in [-0.05, 0) is 18.2 Å². The van der Waals surface area contributed by atoms with Crippen molar-refractivity contribution in [1.29, 1.82) is 0 Å². The molecule has 0 spiro atoms. The van der Waals surface area contributed by atoms with Crippen LogP contribution in [0.5, 0.6) is 0 Å². The predicted molar refractivity (Wildman–Crippen MR) is 76.6 cm³/mol. The molecule has 0 aliphatic rings. The first-order valence-electron chi connectivity index (χ1n) is 6.32. The van der Waals surface area contributed by atoms with Crippen molar-refractivity contribution < 1.29 is 17.6 Å². The van der Waals surface area contributed by atoms with E-state index in [-0.39, 0.29) is 17.4 Å². The van der Waals surface area contributed by atoms with E-state index in [1.165, 1.54) is 6.07 Å². The van der Waals surface area contributed by atoms with Crippen LogP contribution in [0.2, 0.25) is 0 Å². The lowest BCUT2D eigenvalue weighted by Gasteiger charge is -2.13. The number of oxazole rings is 1. The van der Waals surface area contributed by atoms with Crippen LogP contribution in [0.15, 0.2) is 33.5 Å². The summed E-state index contributed by atoms with van der Waals surface area (Å²) in [7, 11) is 0. The molecule has 1 aromatic carbocycles. The topological polar surface area (TPSA) is 38.1 Å². The summed E-state index contributed by atoms with van der Waals surface area (Å²) in [5, 5.41) is 3.11. The first-order chi connectivity index (χ1) is 9.79. The summed E-state index contributed by atoms with van der Waals surface area (Å²) in [4.78, 5) is 4.00. The third-order valence-electron chi connectivity index (χ3n) is 2.85. The van der Waals surface area contributed by atoms with Crippen molar-refractivity contribution in [2.24, 2.45) is 0 Å². The van der Waals surface area contributed by atoms with Crippen molar-refractivity contribution in [3.8, 4) is 11.3 Å². The number of benzene rings is 1. The number of halogens is 4. The molecule has 7 heteroatoms. The molecule has 0 amide bonds. The highest BCUT2D eigenvalue weighted by Gasteiger charge is 2.35. The Labute approximate surface area is 128 Å². The lowest BCUT2D eigenvalue weighted by Crippen LogP contribution is -2.22. The first-order valence-corrected chi connectivity index (χ1v) is 7.11. The Hall–Kier alpha value is -1.34. The largest absolute Gasteiger partial charge is 0.443 e. The lowest BCUT2D eigenvalue weighted by molar-refractivity contribution is -0.137. The molecule has 0 unspecified atom stereocenters. The van der Waals surface area contributed by atoms with Crippen molar-refractivity contribution in [2.45, 2.75) is 32.6 Å². The lowest BCUT2D eigenvalue weighted by atomic mass is 10.0. The number of alkyl halides is 3. The van der Waals surface area contributed by atoms with Gasteiger partial charge in [-0.15, -0.1) is 0 Å². The van der Waals surface area contributed by atoms with Gasteiger partial charge in [0.15, 0.2) is 12.2 Å². The number of aromatic nitrogens is 1.